The fourth-order valence-electron chi connectivity index (χ4n) is 2.42. The molecule has 2 aromatic heterocycles. The number of aryl methyl sites for hydroxylation is 1. The summed E-state index contributed by atoms with van der Waals surface area (Å²) in [5, 5.41) is 0. The van der Waals surface area contributed by atoms with Gasteiger partial charge in [-0.15, -0.1) is 0 Å². The van der Waals surface area contributed by atoms with Gasteiger partial charge < -0.3 is 4.74 Å². The first kappa shape index (κ1) is 13.7. The molecule has 3 N–H and O–H groups in total. The Morgan fingerprint density at radius 2 is 2.14 bits per heavy atom. The number of nitrogens with zero attached hydrogens (tertiary/aromatic N) is 5. The van der Waals surface area contributed by atoms with E-state index in [0.717, 1.165) is 37.1 Å². The van der Waals surface area contributed by atoms with Gasteiger partial charge in [0.25, 0.3) is 0 Å². The smallest absolute Gasteiger partial charge is 0.323 e. The number of ether oxygens (including phenoxy) is 1. The molecule has 0 saturated carbocycles. The van der Waals surface area contributed by atoms with E-state index in [1.54, 1.807) is 6.33 Å². The quantitative estimate of drug-likeness (QED) is 0.625. The van der Waals surface area contributed by atoms with Crippen LogP contribution in [0.2, 0.25) is 0 Å². The lowest BCUT2D eigenvalue weighted by atomic mass is 10.0. The maximum Gasteiger partial charge on any atom is 0.323 e. The van der Waals surface area contributed by atoms with Crippen molar-refractivity contribution < 1.29 is 4.74 Å². The van der Waals surface area contributed by atoms with Gasteiger partial charge in [0.15, 0.2) is 0 Å². The van der Waals surface area contributed by atoms with Gasteiger partial charge in [-0.25, -0.2) is 10.8 Å². The molecule has 112 valence electrons. The second-order valence-electron chi connectivity index (χ2n) is 4.95. The summed E-state index contributed by atoms with van der Waals surface area (Å²) in [5.74, 6) is 6.19. The molecule has 0 amide bonds. The Labute approximate surface area is 122 Å². The summed E-state index contributed by atoms with van der Waals surface area (Å²) in [6.45, 7) is 2.58. The SMILES string of the molecule is CCCOc1nc(NN)nc(-n2cnc3c2CCCC3)n1. The minimum absolute atomic E-state index is 0.271. The first-order chi connectivity index (χ1) is 10.3. The molecular weight excluding hydrogens is 270 g/mol. The topological polar surface area (TPSA) is 104 Å². The van der Waals surface area contributed by atoms with Gasteiger partial charge in [-0.2, -0.15) is 15.0 Å². The maximum atomic E-state index is 5.49. The summed E-state index contributed by atoms with van der Waals surface area (Å²) in [4.78, 5) is 17.2. The Bertz CT molecular complexity index is 625. The summed E-state index contributed by atoms with van der Waals surface area (Å²) in [6.07, 6.45) is 6.97. The number of nitrogens with one attached hydrogen (secondary N) is 1. The molecule has 2 heterocycles. The molecule has 0 fully saturated rings. The maximum absolute atomic E-state index is 5.49. The molecule has 2 aromatic rings. The molecule has 8 nitrogen and oxygen atoms in total. The Morgan fingerprint density at radius 1 is 1.29 bits per heavy atom. The fourth-order valence-corrected chi connectivity index (χ4v) is 2.42. The van der Waals surface area contributed by atoms with Crippen molar-refractivity contribution in [2.24, 2.45) is 5.84 Å². The summed E-state index contributed by atoms with van der Waals surface area (Å²) in [7, 11) is 0. The minimum Gasteiger partial charge on any atom is -0.463 e. The number of imidazole rings is 1. The Hall–Kier alpha value is -2.22. The Kier molecular flexibility index (Phi) is 3.96. The lowest BCUT2D eigenvalue weighted by Gasteiger charge is -2.13. The molecule has 3 rings (SSSR count). The number of rotatable bonds is 5. The first-order valence-electron chi connectivity index (χ1n) is 7.22. The highest BCUT2D eigenvalue weighted by Gasteiger charge is 2.18. The van der Waals surface area contributed by atoms with E-state index >= 15 is 0 Å². The van der Waals surface area contributed by atoms with E-state index in [1.165, 1.54) is 6.42 Å². The molecule has 0 bridgehead atoms. The lowest BCUT2D eigenvalue weighted by molar-refractivity contribution is 0.291. The van der Waals surface area contributed by atoms with Crippen molar-refractivity contribution in [1.29, 1.82) is 0 Å². The third-order valence-electron chi connectivity index (χ3n) is 3.41. The molecule has 1 aliphatic rings. The number of nitrogens with two attached hydrogens (primary N) is 1. The lowest BCUT2D eigenvalue weighted by Crippen LogP contribution is -2.16. The number of hydrogen-bond donors (Lipinski definition) is 2. The number of nitrogen functional groups attached to an aromatic ring is 1. The predicted molar refractivity (Wildman–Crippen MR) is 77.2 cm³/mol. The van der Waals surface area contributed by atoms with Crippen LogP contribution in [-0.2, 0) is 12.8 Å². The molecule has 0 atom stereocenters. The second-order valence-corrected chi connectivity index (χ2v) is 4.95. The number of hydrazine groups is 1. The highest BCUT2D eigenvalue weighted by molar-refractivity contribution is 5.32. The van der Waals surface area contributed by atoms with Gasteiger partial charge in [0.05, 0.1) is 12.3 Å². The summed E-state index contributed by atoms with van der Waals surface area (Å²) in [6, 6.07) is 0.271. The predicted octanol–water partition coefficient (Wildman–Crippen LogP) is 1.01. The van der Waals surface area contributed by atoms with Crippen molar-refractivity contribution in [2.45, 2.75) is 39.0 Å². The van der Waals surface area contributed by atoms with Crippen LogP contribution in [-0.4, -0.2) is 31.1 Å². The van der Waals surface area contributed by atoms with Crippen molar-refractivity contribution in [3.63, 3.8) is 0 Å². The zero-order valence-electron chi connectivity index (χ0n) is 12.0. The van der Waals surface area contributed by atoms with Gasteiger partial charge in [0.2, 0.25) is 11.9 Å². The number of anilines is 1. The normalized spacial score (nSPS) is 13.8. The van der Waals surface area contributed by atoms with Crippen molar-refractivity contribution in [3.05, 3.63) is 17.7 Å². The second kappa shape index (κ2) is 6.04. The van der Waals surface area contributed by atoms with Crippen molar-refractivity contribution >= 4 is 5.95 Å². The van der Waals surface area contributed by atoms with Crippen LogP contribution in [0.5, 0.6) is 6.01 Å². The molecule has 0 spiro atoms. The highest BCUT2D eigenvalue weighted by atomic mass is 16.5. The molecule has 0 unspecified atom stereocenters. The van der Waals surface area contributed by atoms with Crippen LogP contribution < -0.4 is 16.0 Å². The van der Waals surface area contributed by atoms with E-state index in [0.29, 0.717) is 12.6 Å². The van der Waals surface area contributed by atoms with Gasteiger partial charge >= 0.3 is 6.01 Å². The molecule has 0 saturated heterocycles. The highest BCUT2D eigenvalue weighted by Crippen LogP contribution is 2.22. The van der Waals surface area contributed by atoms with Gasteiger partial charge in [0, 0.05) is 5.69 Å². The van der Waals surface area contributed by atoms with Crippen molar-refractivity contribution in [3.8, 4) is 12.0 Å². The summed E-state index contributed by atoms with van der Waals surface area (Å²) < 4.78 is 7.39. The Balaban J connectivity index is 1.98. The number of fused-ring (bicyclic) bond motifs is 1. The molecule has 0 aromatic carbocycles. The van der Waals surface area contributed by atoms with Crippen LogP contribution in [0.1, 0.15) is 37.6 Å². The molecule has 21 heavy (non-hydrogen) atoms. The van der Waals surface area contributed by atoms with Crippen molar-refractivity contribution in [2.75, 3.05) is 12.0 Å². The minimum atomic E-state index is 0.271. The average Bonchev–Trinajstić information content (AvgIpc) is 2.96. The van der Waals surface area contributed by atoms with Crippen LogP contribution in [0.25, 0.3) is 5.95 Å². The third-order valence-corrected chi connectivity index (χ3v) is 3.41. The largest absolute Gasteiger partial charge is 0.463 e. The van der Waals surface area contributed by atoms with Gasteiger partial charge in [0.1, 0.15) is 6.33 Å². The molecular formula is C13H19N7O. The summed E-state index contributed by atoms with van der Waals surface area (Å²) in [5.41, 5.74) is 4.74. The Morgan fingerprint density at radius 3 is 2.95 bits per heavy atom. The number of aromatic nitrogens is 5. The third kappa shape index (κ3) is 2.80. The molecule has 1 aliphatic carbocycles. The average molecular weight is 289 g/mol. The van der Waals surface area contributed by atoms with Crippen molar-refractivity contribution in [1.82, 2.24) is 24.5 Å². The first-order valence-corrected chi connectivity index (χ1v) is 7.22. The van der Waals surface area contributed by atoms with Crippen LogP contribution in [0.4, 0.5) is 5.95 Å². The van der Waals surface area contributed by atoms with E-state index in [9.17, 15) is 0 Å². The van der Waals surface area contributed by atoms with E-state index in [-0.39, 0.29) is 12.0 Å². The van der Waals surface area contributed by atoms with Gasteiger partial charge in [-0.1, -0.05) is 6.92 Å². The van der Waals surface area contributed by atoms with E-state index < -0.39 is 0 Å². The van der Waals surface area contributed by atoms with Crippen LogP contribution in [0, 0.1) is 0 Å². The molecule has 8 heteroatoms. The number of hydrogen-bond acceptors (Lipinski definition) is 7. The molecule has 0 radical (unpaired) electrons. The zero-order valence-corrected chi connectivity index (χ0v) is 12.0. The van der Waals surface area contributed by atoms with E-state index in [4.69, 9.17) is 10.6 Å². The van der Waals surface area contributed by atoms with Gasteiger partial charge in [-0.3, -0.25) is 9.99 Å². The molecule has 0 aliphatic heterocycles. The zero-order chi connectivity index (χ0) is 14.7. The summed E-state index contributed by atoms with van der Waals surface area (Å²) >= 11 is 0. The van der Waals surface area contributed by atoms with Crippen LogP contribution >= 0.6 is 0 Å². The standard InChI is InChI=1S/C13H19N7O/c1-2-7-21-13-17-11(19-14)16-12(18-13)20-8-15-9-5-3-4-6-10(9)20/h8H,2-7,14H2,1H3,(H,16,17,18,19). The fraction of sp³-hybridized carbons (Fsp3) is 0.538. The van der Waals surface area contributed by atoms with E-state index in [1.807, 2.05) is 11.5 Å². The van der Waals surface area contributed by atoms with Gasteiger partial charge in [-0.05, 0) is 32.1 Å². The van der Waals surface area contributed by atoms with E-state index in [2.05, 4.69) is 25.4 Å². The van der Waals surface area contributed by atoms with Crippen LogP contribution in [0.15, 0.2) is 6.33 Å². The monoisotopic (exact) mass is 289 g/mol. The van der Waals surface area contributed by atoms with Crippen LogP contribution in [0.3, 0.4) is 0 Å².